The van der Waals surface area contributed by atoms with Crippen molar-refractivity contribution in [3.05, 3.63) is 83.2 Å². The van der Waals surface area contributed by atoms with Crippen molar-refractivity contribution in [1.82, 2.24) is 19.8 Å². The molecule has 5 rings (SSSR count). The van der Waals surface area contributed by atoms with E-state index in [2.05, 4.69) is 15.6 Å². The molecular weight excluding hydrogens is 449 g/mol. The van der Waals surface area contributed by atoms with Crippen LogP contribution < -0.4 is 10.6 Å². The number of carbonyl (C=O) groups is 3. The number of para-hydroxylation sites is 1. The molecule has 1 atom stereocenters. The third kappa shape index (κ3) is 4.18. The first-order valence-electron chi connectivity index (χ1n) is 11.6. The van der Waals surface area contributed by atoms with E-state index in [9.17, 15) is 18.8 Å². The third-order valence-electron chi connectivity index (χ3n) is 6.64. The third-order valence-corrected chi connectivity index (χ3v) is 6.64. The highest BCUT2D eigenvalue weighted by molar-refractivity contribution is 6.12. The van der Waals surface area contributed by atoms with Crippen molar-refractivity contribution >= 4 is 23.4 Å². The van der Waals surface area contributed by atoms with E-state index in [0.717, 1.165) is 24.0 Å². The van der Waals surface area contributed by atoms with E-state index in [4.69, 9.17) is 0 Å². The first-order chi connectivity index (χ1) is 16.8. The topological polar surface area (TPSA) is 96.3 Å². The summed E-state index contributed by atoms with van der Waals surface area (Å²) in [5.74, 6) is -1.51. The van der Waals surface area contributed by atoms with Gasteiger partial charge in [-0.05, 0) is 56.0 Å². The number of nitrogens with one attached hydrogen (secondary N) is 2. The van der Waals surface area contributed by atoms with Gasteiger partial charge in [-0.3, -0.25) is 14.4 Å². The molecule has 1 aliphatic heterocycles. The van der Waals surface area contributed by atoms with Gasteiger partial charge in [0.2, 0.25) is 5.91 Å². The summed E-state index contributed by atoms with van der Waals surface area (Å²) in [7, 11) is 0. The highest BCUT2D eigenvalue weighted by atomic mass is 19.1. The van der Waals surface area contributed by atoms with Crippen LogP contribution in [0, 0.1) is 12.7 Å². The molecule has 1 aliphatic carbocycles. The summed E-state index contributed by atoms with van der Waals surface area (Å²) < 4.78 is 14.8. The molecule has 0 saturated heterocycles. The summed E-state index contributed by atoms with van der Waals surface area (Å²) in [5.41, 5.74) is 1.36. The molecule has 3 aromatic rings. The predicted octanol–water partition coefficient (Wildman–Crippen LogP) is 3.28. The zero-order chi connectivity index (χ0) is 24.7. The van der Waals surface area contributed by atoms with E-state index in [1.807, 2.05) is 25.1 Å². The minimum Gasteiger partial charge on any atom is -0.350 e. The van der Waals surface area contributed by atoms with E-state index >= 15 is 0 Å². The Labute approximate surface area is 202 Å². The molecule has 8 nitrogen and oxygen atoms in total. The molecule has 0 radical (unpaired) electrons. The van der Waals surface area contributed by atoms with Gasteiger partial charge in [-0.15, -0.1) is 0 Å². The highest BCUT2D eigenvalue weighted by Gasteiger charge is 2.53. The number of aryl methyl sites for hydroxylation is 1. The zero-order valence-electron chi connectivity index (χ0n) is 19.5. The first-order valence-corrected chi connectivity index (χ1v) is 11.6. The van der Waals surface area contributed by atoms with Crippen LogP contribution in [-0.4, -0.2) is 43.8 Å². The number of benzene rings is 2. The smallest absolute Gasteiger partial charge is 0.276 e. The molecule has 0 bridgehead atoms. The van der Waals surface area contributed by atoms with Gasteiger partial charge in [0.1, 0.15) is 17.1 Å². The Morgan fingerprint density at radius 3 is 2.54 bits per heavy atom. The normalized spacial score (nSPS) is 19.3. The predicted molar refractivity (Wildman–Crippen MR) is 127 cm³/mol. The maximum Gasteiger partial charge on any atom is 0.276 e. The molecule has 3 amide bonds. The van der Waals surface area contributed by atoms with Crippen molar-refractivity contribution in [1.29, 1.82) is 0 Å². The summed E-state index contributed by atoms with van der Waals surface area (Å²) in [4.78, 5) is 46.0. The van der Waals surface area contributed by atoms with Crippen LogP contribution in [0.25, 0.3) is 0 Å². The monoisotopic (exact) mass is 475 g/mol. The van der Waals surface area contributed by atoms with Gasteiger partial charge in [-0.1, -0.05) is 30.3 Å². The molecule has 2 aliphatic rings. The van der Waals surface area contributed by atoms with Crippen LogP contribution in [0.4, 0.5) is 10.1 Å². The second-order valence-electron chi connectivity index (χ2n) is 9.33. The Hall–Kier alpha value is -4.01. The number of carbonyl (C=O) groups excluding carboxylic acids is 3. The second-order valence-corrected chi connectivity index (χ2v) is 9.33. The van der Waals surface area contributed by atoms with Crippen molar-refractivity contribution in [3.8, 4) is 0 Å². The fraction of sp³-hybridized carbons (Fsp3) is 0.308. The van der Waals surface area contributed by atoms with Crippen molar-refractivity contribution in [2.45, 2.75) is 51.4 Å². The number of aromatic nitrogens is 2. The molecule has 35 heavy (non-hydrogen) atoms. The molecular formula is C26H26FN5O3. The number of halogens is 1. The molecule has 1 saturated carbocycles. The molecule has 1 fully saturated rings. The Kier molecular flexibility index (Phi) is 5.62. The molecule has 0 spiro atoms. The zero-order valence-corrected chi connectivity index (χ0v) is 19.5. The summed E-state index contributed by atoms with van der Waals surface area (Å²) in [6, 6.07) is 13.2. The molecule has 2 N–H and O–H groups in total. The van der Waals surface area contributed by atoms with Crippen molar-refractivity contribution < 1.29 is 18.8 Å². The quantitative estimate of drug-likeness (QED) is 0.572. The summed E-state index contributed by atoms with van der Waals surface area (Å²) >= 11 is 0. The Balaban J connectivity index is 1.41. The van der Waals surface area contributed by atoms with Crippen molar-refractivity contribution in [2.75, 3.05) is 5.32 Å². The van der Waals surface area contributed by atoms with Crippen LogP contribution in [-0.2, 0) is 17.9 Å². The number of nitrogens with zero attached hydrogens (tertiary/aromatic N) is 3. The number of fused-ring (bicyclic) bond motifs is 1. The lowest BCUT2D eigenvalue weighted by Gasteiger charge is -2.44. The van der Waals surface area contributed by atoms with Gasteiger partial charge >= 0.3 is 0 Å². The summed E-state index contributed by atoms with van der Waals surface area (Å²) in [6.45, 7) is 4.00. The van der Waals surface area contributed by atoms with Crippen LogP contribution in [0.3, 0.4) is 0 Å². The van der Waals surface area contributed by atoms with Gasteiger partial charge in [0.05, 0.1) is 12.9 Å². The number of imidazole rings is 1. The maximum absolute atomic E-state index is 13.7. The number of rotatable bonds is 6. The van der Waals surface area contributed by atoms with E-state index in [1.165, 1.54) is 18.5 Å². The minimum absolute atomic E-state index is 0.0395. The van der Waals surface area contributed by atoms with Gasteiger partial charge in [0.15, 0.2) is 5.69 Å². The van der Waals surface area contributed by atoms with E-state index in [1.54, 1.807) is 34.6 Å². The van der Waals surface area contributed by atoms with Crippen molar-refractivity contribution in [2.24, 2.45) is 0 Å². The van der Waals surface area contributed by atoms with Crippen LogP contribution >= 0.6 is 0 Å². The molecule has 2 aromatic carbocycles. The Bertz CT molecular complexity index is 1310. The maximum atomic E-state index is 13.7. The molecule has 1 aromatic heterocycles. The Morgan fingerprint density at radius 2 is 1.86 bits per heavy atom. The number of hydrogen-bond donors (Lipinski definition) is 2. The number of anilines is 1. The van der Waals surface area contributed by atoms with E-state index < -0.39 is 11.4 Å². The van der Waals surface area contributed by atoms with Gasteiger partial charge in [0, 0.05) is 18.3 Å². The number of amides is 3. The lowest BCUT2D eigenvalue weighted by Crippen LogP contribution is -2.64. The molecule has 180 valence electrons. The number of hydrogen-bond acceptors (Lipinski definition) is 4. The lowest BCUT2D eigenvalue weighted by molar-refractivity contribution is -0.133. The highest BCUT2D eigenvalue weighted by Crippen LogP contribution is 2.39. The largest absolute Gasteiger partial charge is 0.350 e. The molecule has 0 unspecified atom stereocenters. The van der Waals surface area contributed by atoms with E-state index in [-0.39, 0.29) is 48.2 Å². The average Bonchev–Trinajstić information content (AvgIpc) is 3.57. The SMILES string of the molecule is Cc1ccccc1NC(=O)c1ncn2c1C(=O)N(C1CC1)[C@](C)(C(=O)NCc1ccc(F)cc1)C2. The van der Waals surface area contributed by atoms with Gasteiger partial charge in [-0.2, -0.15) is 0 Å². The van der Waals surface area contributed by atoms with Gasteiger partial charge in [0.25, 0.3) is 11.8 Å². The lowest BCUT2D eigenvalue weighted by atomic mass is 9.93. The van der Waals surface area contributed by atoms with Crippen LogP contribution in [0.1, 0.15) is 51.9 Å². The van der Waals surface area contributed by atoms with Crippen LogP contribution in [0.5, 0.6) is 0 Å². The van der Waals surface area contributed by atoms with Crippen LogP contribution in [0.2, 0.25) is 0 Å². The van der Waals surface area contributed by atoms with E-state index in [0.29, 0.717) is 5.69 Å². The minimum atomic E-state index is -1.16. The average molecular weight is 476 g/mol. The first kappa shape index (κ1) is 22.8. The van der Waals surface area contributed by atoms with Crippen molar-refractivity contribution in [3.63, 3.8) is 0 Å². The fourth-order valence-corrected chi connectivity index (χ4v) is 4.59. The molecule has 2 heterocycles. The Morgan fingerprint density at radius 1 is 1.14 bits per heavy atom. The summed E-state index contributed by atoms with van der Waals surface area (Å²) in [5, 5.41) is 5.73. The molecule has 9 heteroatoms. The fourth-order valence-electron chi connectivity index (χ4n) is 4.59. The van der Waals surface area contributed by atoms with Gasteiger partial charge < -0.3 is 20.1 Å². The van der Waals surface area contributed by atoms with Crippen LogP contribution in [0.15, 0.2) is 54.9 Å². The van der Waals surface area contributed by atoms with Gasteiger partial charge in [-0.25, -0.2) is 9.37 Å². The summed E-state index contributed by atoms with van der Waals surface area (Å²) in [6.07, 6.45) is 3.03. The standard InChI is InChI=1S/C26H26FN5O3/c1-16-5-3-4-6-20(16)30-23(33)21-22-24(34)32(19-11-12-19)26(2,14-31(22)15-29-21)25(35)28-13-17-7-9-18(27)10-8-17/h3-10,15,19H,11-14H2,1-2H3,(H,28,35)(H,30,33)/t26-/m0/s1. The second kappa shape index (κ2) is 8.65.